The standard InChI is InChI=1S/C23H29N5O3/c1-13-26-20(24)18-21(27-13)31-23(2,3)19(28-18)17-10-8-16(9-11-17)15-6-4-14(5-7-15)12-25-22(29)30/h8-11,14-15,25H,4-7,12H2,1-3H3,(H,29,30)(H2,24,26,27). The van der Waals surface area contributed by atoms with E-state index in [0.717, 1.165) is 37.0 Å². The molecule has 4 rings (SSSR count). The Labute approximate surface area is 182 Å². The molecule has 0 spiro atoms. The molecule has 4 N–H and O–H groups in total. The number of nitrogens with zero attached hydrogens (tertiary/aromatic N) is 3. The van der Waals surface area contributed by atoms with Gasteiger partial charge in [-0.15, -0.1) is 0 Å². The van der Waals surface area contributed by atoms with Crippen molar-refractivity contribution in [1.29, 1.82) is 0 Å². The summed E-state index contributed by atoms with van der Waals surface area (Å²) in [5.41, 5.74) is 9.00. The second kappa shape index (κ2) is 8.17. The topological polar surface area (TPSA) is 123 Å². The summed E-state index contributed by atoms with van der Waals surface area (Å²) in [6.07, 6.45) is 3.27. The van der Waals surface area contributed by atoms with E-state index in [9.17, 15) is 4.79 Å². The lowest BCUT2D eigenvalue weighted by Gasteiger charge is -2.32. The number of nitrogens with two attached hydrogens (primary N) is 1. The molecule has 8 heteroatoms. The van der Waals surface area contributed by atoms with Gasteiger partial charge in [0.05, 0.1) is 5.71 Å². The summed E-state index contributed by atoms with van der Waals surface area (Å²) < 4.78 is 6.14. The van der Waals surface area contributed by atoms with Gasteiger partial charge in [0.15, 0.2) is 11.5 Å². The molecule has 1 fully saturated rings. The van der Waals surface area contributed by atoms with E-state index in [-0.39, 0.29) is 0 Å². The van der Waals surface area contributed by atoms with Crippen LogP contribution in [0.4, 0.5) is 16.3 Å². The molecule has 0 radical (unpaired) electrons. The van der Waals surface area contributed by atoms with E-state index in [0.29, 0.717) is 41.6 Å². The van der Waals surface area contributed by atoms with Gasteiger partial charge >= 0.3 is 6.09 Å². The number of hydrogen-bond donors (Lipinski definition) is 3. The van der Waals surface area contributed by atoms with Crippen molar-refractivity contribution in [3.05, 3.63) is 41.2 Å². The molecule has 0 saturated heterocycles. The lowest BCUT2D eigenvalue weighted by Crippen LogP contribution is -2.41. The molecule has 0 atom stereocenters. The fourth-order valence-electron chi connectivity index (χ4n) is 4.53. The zero-order valence-corrected chi connectivity index (χ0v) is 18.2. The van der Waals surface area contributed by atoms with Gasteiger partial charge in [-0.3, -0.25) is 0 Å². The number of benzene rings is 1. The lowest BCUT2D eigenvalue weighted by atomic mass is 9.78. The third-order valence-corrected chi connectivity index (χ3v) is 6.18. The maximum atomic E-state index is 10.7. The maximum Gasteiger partial charge on any atom is 0.404 e. The highest BCUT2D eigenvalue weighted by molar-refractivity contribution is 6.09. The van der Waals surface area contributed by atoms with Gasteiger partial charge in [0.1, 0.15) is 11.4 Å². The fraction of sp³-hybridized carbons (Fsp3) is 0.478. The van der Waals surface area contributed by atoms with Crippen molar-refractivity contribution in [3.63, 3.8) is 0 Å². The quantitative estimate of drug-likeness (QED) is 0.677. The number of rotatable bonds is 4. The van der Waals surface area contributed by atoms with Crippen molar-refractivity contribution in [1.82, 2.24) is 15.3 Å². The smallest absolute Gasteiger partial charge is 0.404 e. The van der Waals surface area contributed by atoms with Gasteiger partial charge in [-0.2, -0.15) is 4.98 Å². The van der Waals surface area contributed by atoms with Crippen LogP contribution in [-0.4, -0.2) is 39.0 Å². The highest BCUT2D eigenvalue weighted by Gasteiger charge is 2.35. The van der Waals surface area contributed by atoms with E-state index >= 15 is 0 Å². The number of amides is 1. The molecule has 164 valence electrons. The van der Waals surface area contributed by atoms with Gasteiger partial charge in [-0.1, -0.05) is 24.3 Å². The van der Waals surface area contributed by atoms with E-state index in [4.69, 9.17) is 20.6 Å². The number of carbonyl (C=O) groups is 1. The molecule has 2 heterocycles. The van der Waals surface area contributed by atoms with Crippen LogP contribution in [0.25, 0.3) is 0 Å². The van der Waals surface area contributed by atoms with Gasteiger partial charge in [0.25, 0.3) is 0 Å². The summed E-state index contributed by atoms with van der Waals surface area (Å²) in [7, 11) is 0. The molecular weight excluding hydrogens is 394 g/mol. The zero-order valence-electron chi connectivity index (χ0n) is 18.2. The van der Waals surface area contributed by atoms with Gasteiger partial charge in [-0.05, 0) is 63.9 Å². The predicted octanol–water partition coefficient (Wildman–Crippen LogP) is 4.20. The van der Waals surface area contributed by atoms with E-state index in [2.05, 4.69) is 39.6 Å². The van der Waals surface area contributed by atoms with Crippen LogP contribution in [0.5, 0.6) is 5.88 Å². The molecular formula is C23H29N5O3. The van der Waals surface area contributed by atoms with Crippen LogP contribution >= 0.6 is 0 Å². The third kappa shape index (κ3) is 4.47. The number of aryl methyl sites for hydroxylation is 1. The second-order valence-corrected chi connectivity index (χ2v) is 8.91. The fourth-order valence-corrected chi connectivity index (χ4v) is 4.53. The molecule has 8 nitrogen and oxygen atoms in total. The Bertz CT molecular complexity index is 1010. The molecule has 31 heavy (non-hydrogen) atoms. The van der Waals surface area contributed by atoms with Crippen molar-refractivity contribution in [3.8, 4) is 5.88 Å². The first-order valence-electron chi connectivity index (χ1n) is 10.7. The number of carboxylic acid groups (broad SMARTS) is 1. The average Bonchev–Trinajstić information content (AvgIpc) is 2.71. The first-order valence-corrected chi connectivity index (χ1v) is 10.7. The molecule has 1 aromatic heterocycles. The zero-order chi connectivity index (χ0) is 22.2. The van der Waals surface area contributed by atoms with E-state index in [1.807, 2.05) is 13.8 Å². The molecule has 2 aromatic rings. The summed E-state index contributed by atoms with van der Waals surface area (Å²) in [4.78, 5) is 24.0. The Morgan fingerprint density at radius 3 is 2.52 bits per heavy atom. The first kappa shape index (κ1) is 21.1. The lowest BCUT2D eigenvalue weighted by molar-refractivity contribution is 0.171. The van der Waals surface area contributed by atoms with Gasteiger partial charge in [0.2, 0.25) is 5.88 Å². The summed E-state index contributed by atoms with van der Waals surface area (Å²) in [6.45, 7) is 6.27. The van der Waals surface area contributed by atoms with Gasteiger partial charge < -0.3 is 20.9 Å². The summed E-state index contributed by atoms with van der Waals surface area (Å²) in [6, 6.07) is 8.51. The van der Waals surface area contributed by atoms with Gasteiger partial charge in [0, 0.05) is 12.1 Å². The Kier molecular flexibility index (Phi) is 5.56. The Morgan fingerprint density at radius 2 is 1.87 bits per heavy atom. The molecule has 1 aliphatic carbocycles. The molecule has 0 unspecified atom stereocenters. The van der Waals surface area contributed by atoms with Crippen molar-refractivity contribution < 1.29 is 14.6 Å². The van der Waals surface area contributed by atoms with E-state index in [1.54, 1.807) is 6.92 Å². The number of ether oxygens (including phenoxy) is 1. The minimum Gasteiger partial charge on any atom is -0.465 e. The minimum atomic E-state index is -0.943. The first-order chi connectivity index (χ1) is 14.7. The number of nitrogen functional groups attached to an aromatic ring is 1. The normalized spacial score (nSPS) is 22.1. The van der Waals surface area contributed by atoms with Crippen molar-refractivity contribution in [2.45, 2.75) is 58.0 Å². The van der Waals surface area contributed by atoms with Crippen LogP contribution < -0.4 is 15.8 Å². The van der Waals surface area contributed by atoms with Crippen LogP contribution in [0.3, 0.4) is 0 Å². The molecule has 1 amide bonds. The highest BCUT2D eigenvalue weighted by Crippen LogP contribution is 2.40. The van der Waals surface area contributed by atoms with Crippen LogP contribution in [-0.2, 0) is 0 Å². The van der Waals surface area contributed by atoms with Crippen LogP contribution in [0, 0.1) is 12.8 Å². The largest absolute Gasteiger partial charge is 0.465 e. The monoisotopic (exact) mass is 423 g/mol. The van der Waals surface area contributed by atoms with Crippen molar-refractivity contribution >= 4 is 23.3 Å². The van der Waals surface area contributed by atoms with Crippen LogP contribution in [0.1, 0.15) is 62.4 Å². The number of anilines is 1. The Balaban J connectivity index is 1.50. The van der Waals surface area contributed by atoms with E-state index < -0.39 is 11.7 Å². The number of aliphatic imine (C=N–C) groups is 1. The minimum absolute atomic E-state index is 0.321. The number of nitrogens with one attached hydrogen (secondary N) is 1. The summed E-state index contributed by atoms with van der Waals surface area (Å²) in [5, 5.41) is 11.3. The molecule has 1 saturated carbocycles. The molecule has 1 aromatic carbocycles. The Hall–Kier alpha value is -3.16. The number of fused-ring (bicyclic) bond motifs is 1. The van der Waals surface area contributed by atoms with E-state index in [1.165, 1.54) is 5.56 Å². The van der Waals surface area contributed by atoms with Crippen LogP contribution in [0.2, 0.25) is 0 Å². The van der Waals surface area contributed by atoms with Crippen molar-refractivity contribution in [2.24, 2.45) is 10.9 Å². The third-order valence-electron chi connectivity index (χ3n) is 6.18. The average molecular weight is 424 g/mol. The van der Waals surface area contributed by atoms with Crippen LogP contribution in [0.15, 0.2) is 29.3 Å². The maximum absolute atomic E-state index is 10.7. The number of aromatic nitrogens is 2. The predicted molar refractivity (Wildman–Crippen MR) is 119 cm³/mol. The highest BCUT2D eigenvalue weighted by atomic mass is 16.5. The molecule has 2 aliphatic rings. The van der Waals surface area contributed by atoms with Crippen molar-refractivity contribution in [2.75, 3.05) is 12.3 Å². The van der Waals surface area contributed by atoms with Gasteiger partial charge in [-0.25, -0.2) is 14.8 Å². The number of hydrogen-bond acceptors (Lipinski definition) is 6. The molecule has 1 aliphatic heterocycles. The SMILES string of the molecule is Cc1nc(N)c2c(n1)OC(C)(C)C(c1ccc(C3CCC(CNC(=O)O)CC3)cc1)=N2. The molecule has 0 bridgehead atoms. The second-order valence-electron chi connectivity index (χ2n) is 8.91. The Morgan fingerprint density at radius 1 is 1.19 bits per heavy atom. The summed E-state index contributed by atoms with van der Waals surface area (Å²) in [5.74, 6) is 2.23. The summed E-state index contributed by atoms with van der Waals surface area (Å²) >= 11 is 0.